The maximum atomic E-state index is 13.0. The van der Waals surface area contributed by atoms with Crippen LogP contribution in [0.5, 0.6) is 0 Å². The third-order valence-electron chi connectivity index (χ3n) is 6.03. The van der Waals surface area contributed by atoms with Crippen molar-refractivity contribution in [2.75, 3.05) is 5.32 Å². The van der Waals surface area contributed by atoms with Crippen LogP contribution in [-0.4, -0.2) is 40.4 Å². The number of Topliss-reactive ketones (excluding diaryl/α,β-unsaturated/α-hetero) is 1. The monoisotopic (exact) mass is 437 g/mol. The molecule has 4 rings (SSSR count). The van der Waals surface area contributed by atoms with Crippen LogP contribution in [0.15, 0.2) is 22.6 Å². The van der Waals surface area contributed by atoms with Gasteiger partial charge in [0.2, 0.25) is 5.88 Å². The second kappa shape index (κ2) is 8.07. The van der Waals surface area contributed by atoms with Gasteiger partial charge in [0.25, 0.3) is 23.6 Å². The van der Waals surface area contributed by atoms with Crippen LogP contribution in [0.25, 0.3) is 0 Å². The van der Waals surface area contributed by atoms with E-state index in [2.05, 4.69) is 5.32 Å². The largest absolute Gasteiger partial charge is 0.444 e. The molecule has 0 spiro atoms. The summed E-state index contributed by atoms with van der Waals surface area (Å²) in [4.78, 5) is 63.6. The number of primary amides is 1. The summed E-state index contributed by atoms with van der Waals surface area (Å²) in [5, 5.41) is 2.45. The number of nitrogens with zero attached hydrogens (tertiary/aromatic N) is 1. The number of rotatable bonds is 5. The minimum atomic E-state index is -0.916. The zero-order valence-corrected chi connectivity index (χ0v) is 17.8. The summed E-state index contributed by atoms with van der Waals surface area (Å²) in [6, 6.07) is 4.12. The van der Waals surface area contributed by atoms with Crippen LogP contribution in [-0.2, 0) is 0 Å². The normalized spacial score (nSPS) is 16.2. The SMILES string of the molecule is CC(=O)c1c(C)oc(NC(=O)c2ccc3c(c2)C(=O)N(C2CCCCC2)C3=O)c1C(N)=O. The van der Waals surface area contributed by atoms with Crippen LogP contribution in [0.3, 0.4) is 0 Å². The van der Waals surface area contributed by atoms with Gasteiger partial charge >= 0.3 is 0 Å². The molecule has 1 aliphatic heterocycles. The molecule has 0 unspecified atom stereocenters. The third-order valence-corrected chi connectivity index (χ3v) is 6.03. The number of furan rings is 1. The predicted molar refractivity (Wildman–Crippen MR) is 114 cm³/mol. The summed E-state index contributed by atoms with van der Waals surface area (Å²) in [6.45, 7) is 2.75. The highest BCUT2D eigenvalue weighted by Crippen LogP contribution is 2.32. The molecule has 9 nitrogen and oxygen atoms in total. The van der Waals surface area contributed by atoms with Crippen LogP contribution in [0.4, 0.5) is 5.88 Å². The van der Waals surface area contributed by atoms with Gasteiger partial charge in [0.15, 0.2) is 5.78 Å². The van der Waals surface area contributed by atoms with Crippen molar-refractivity contribution in [3.05, 3.63) is 51.8 Å². The zero-order valence-electron chi connectivity index (χ0n) is 17.8. The van der Waals surface area contributed by atoms with Crippen molar-refractivity contribution in [2.45, 2.75) is 52.0 Å². The number of nitrogens with one attached hydrogen (secondary N) is 1. The molecule has 0 radical (unpaired) electrons. The van der Waals surface area contributed by atoms with Crippen LogP contribution in [0, 0.1) is 6.92 Å². The highest BCUT2D eigenvalue weighted by molar-refractivity contribution is 6.22. The lowest BCUT2D eigenvalue weighted by Gasteiger charge is -2.29. The van der Waals surface area contributed by atoms with Crippen molar-refractivity contribution in [2.24, 2.45) is 5.73 Å². The molecule has 2 aromatic rings. The van der Waals surface area contributed by atoms with E-state index in [9.17, 15) is 24.0 Å². The fourth-order valence-electron chi connectivity index (χ4n) is 4.54. The average Bonchev–Trinajstić information content (AvgIpc) is 3.22. The first-order chi connectivity index (χ1) is 15.2. The number of hydrogen-bond donors (Lipinski definition) is 2. The van der Waals surface area contributed by atoms with Crippen molar-refractivity contribution in [3.63, 3.8) is 0 Å². The van der Waals surface area contributed by atoms with Crippen molar-refractivity contribution in [1.29, 1.82) is 0 Å². The van der Waals surface area contributed by atoms with E-state index >= 15 is 0 Å². The van der Waals surface area contributed by atoms with E-state index in [0.29, 0.717) is 0 Å². The molecular weight excluding hydrogens is 414 g/mol. The Hall–Kier alpha value is -3.75. The molecule has 9 heteroatoms. The predicted octanol–water partition coefficient (Wildman–Crippen LogP) is 3.07. The molecule has 0 saturated heterocycles. The number of amides is 4. The Kier molecular flexibility index (Phi) is 5.41. The Balaban J connectivity index is 1.62. The molecule has 1 aromatic carbocycles. The lowest BCUT2D eigenvalue weighted by atomic mass is 9.94. The molecule has 1 fully saturated rings. The van der Waals surface area contributed by atoms with Gasteiger partial charge in [-0.15, -0.1) is 0 Å². The molecule has 1 saturated carbocycles. The summed E-state index contributed by atoms with van der Waals surface area (Å²) in [6.07, 6.45) is 4.60. The topological polar surface area (TPSA) is 140 Å². The van der Waals surface area contributed by atoms with E-state index < -0.39 is 23.5 Å². The number of aryl methyl sites for hydroxylation is 1. The van der Waals surface area contributed by atoms with Crippen LogP contribution < -0.4 is 11.1 Å². The number of fused-ring (bicyclic) bond motifs is 1. The molecule has 2 aliphatic rings. The van der Waals surface area contributed by atoms with Crippen molar-refractivity contribution in [1.82, 2.24) is 4.90 Å². The van der Waals surface area contributed by atoms with Gasteiger partial charge in [-0.2, -0.15) is 0 Å². The standard InChI is InChI=1S/C23H23N3O6/c1-11(27)17-12(2)32-21(18(17)19(24)28)25-20(29)13-8-9-15-16(10-13)23(31)26(22(15)30)14-6-4-3-5-7-14/h8-10,14H,3-7H2,1-2H3,(H2,24,28)(H,25,29). The number of benzene rings is 1. The van der Waals surface area contributed by atoms with E-state index in [0.717, 1.165) is 32.1 Å². The number of carbonyl (C=O) groups excluding carboxylic acids is 5. The van der Waals surface area contributed by atoms with E-state index in [1.165, 1.54) is 36.9 Å². The van der Waals surface area contributed by atoms with Gasteiger partial charge in [-0.1, -0.05) is 19.3 Å². The van der Waals surface area contributed by atoms with Gasteiger partial charge in [0, 0.05) is 11.6 Å². The van der Waals surface area contributed by atoms with Crippen molar-refractivity contribution < 1.29 is 28.4 Å². The van der Waals surface area contributed by atoms with Gasteiger partial charge in [-0.25, -0.2) is 0 Å². The summed E-state index contributed by atoms with van der Waals surface area (Å²) >= 11 is 0. The highest BCUT2D eigenvalue weighted by Gasteiger charge is 2.40. The maximum Gasteiger partial charge on any atom is 0.261 e. The van der Waals surface area contributed by atoms with Crippen LogP contribution in [0.1, 0.15) is 96.6 Å². The molecule has 166 valence electrons. The van der Waals surface area contributed by atoms with E-state index in [1.54, 1.807) is 0 Å². The molecule has 1 aromatic heterocycles. The quantitative estimate of drug-likeness (QED) is 0.544. The smallest absolute Gasteiger partial charge is 0.261 e. The van der Waals surface area contributed by atoms with Crippen molar-refractivity contribution in [3.8, 4) is 0 Å². The first-order valence-corrected chi connectivity index (χ1v) is 10.5. The number of nitrogens with two attached hydrogens (primary N) is 1. The number of hydrogen-bond acceptors (Lipinski definition) is 6. The lowest BCUT2D eigenvalue weighted by molar-refractivity contribution is 0.0548. The van der Waals surface area contributed by atoms with Crippen LogP contribution in [0.2, 0.25) is 0 Å². The average molecular weight is 437 g/mol. The van der Waals surface area contributed by atoms with Gasteiger partial charge in [0.05, 0.1) is 16.7 Å². The lowest BCUT2D eigenvalue weighted by Crippen LogP contribution is -2.40. The number of anilines is 1. The highest BCUT2D eigenvalue weighted by atomic mass is 16.4. The number of ketones is 1. The molecule has 1 aliphatic carbocycles. The summed E-state index contributed by atoms with van der Waals surface area (Å²) in [5.41, 5.74) is 5.72. The van der Waals surface area contributed by atoms with Crippen LogP contribution >= 0.6 is 0 Å². The molecule has 32 heavy (non-hydrogen) atoms. The second-order valence-electron chi connectivity index (χ2n) is 8.14. The van der Waals surface area contributed by atoms with E-state index in [1.807, 2.05) is 0 Å². The van der Waals surface area contributed by atoms with E-state index in [-0.39, 0.29) is 51.4 Å². The van der Waals surface area contributed by atoms with E-state index in [4.69, 9.17) is 10.2 Å². The minimum absolute atomic E-state index is 0.00523. The van der Waals surface area contributed by atoms with Gasteiger partial charge < -0.3 is 10.2 Å². The molecule has 4 amide bonds. The van der Waals surface area contributed by atoms with Crippen molar-refractivity contribution >= 4 is 35.3 Å². The summed E-state index contributed by atoms with van der Waals surface area (Å²) < 4.78 is 5.40. The Morgan fingerprint density at radius 2 is 1.69 bits per heavy atom. The third kappa shape index (κ3) is 3.49. The fourth-order valence-corrected chi connectivity index (χ4v) is 4.54. The zero-order chi connectivity index (χ0) is 23.2. The van der Waals surface area contributed by atoms with Gasteiger partial charge in [0.1, 0.15) is 11.3 Å². The first-order valence-electron chi connectivity index (χ1n) is 10.5. The minimum Gasteiger partial charge on any atom is -0.444 e. The molecule has 3 N–H and O–H groups in total. The second-order valence-corrected chi connectivity index (χ2v) is 8.14. The molecular formula is C23H23N3O6. The Morgan fingerprint density at radius 3 is 2.31 bits per heavy atom. The fraction of sp³-hybridized carbons (Fsp3) is 0.348. The number of carbonyl (C=O) groups is 5. The molecule has 2 heterocycles. The van der Waals surface area contributed by atoms with Gasteiger partial charge in [-0.05, 0) is 44.9 Å². The Labute approximate surface area is 183 Å². The van der Waals surface area contributed by atoms with Gasteiger partial charge in [-0.3, -0.25) is 34.2 Å². The Morgan fingerprint density at radius 1 is 1.03 bits per heavy atom. The molecule has 0 atom stereocenters. The first kappa shape index (κ1) is 21.5. The summed E-state index contributed by atoms with van der Waals surface area (Å²) in [5.74, 6) is -2.85. The maximum absolute atomic E-state index is 13.0. The Bertz CT molecular complexity index is 1170. The molecule has 0 bridgehead atoms. The number of imide groups is 1. The summed E-state index contributed by atoms with van der Waals surface area (Å²) in [7, 11) is 0.